The Kier molecular flexibility index (Phi) is 7.23. The molecule has 0 aliphatic carbocycles. The normalized spacial score (nSPS) is 15.3. The predicted octanol–water partition coefficient (Wildman–Crippen LogP) is 3.29. The van der Waals surface area contributed by atoms with E-state index in [9.17, 15) is 26.7 Å². The summed E-state index contributed by atoms with van der Waals surface area (Å²) in [4.78, 5) is 17.5. The van der Waals surface area contributed by atoms with Crippen LogP contribution in [0.1, 0.15) is 29.9 Å². The van der Waals surface area contributed by atoms with Crippen molar-refractivity contribution in [2.24, 2.45) is 5.73 Å². The Morgan fingerprint density at radius 1 is 1.24 bits per heavy atom. The Bertz CT molecular complexity index is 870. The van der Waals surface area contributed by atoms with Crippen LogP contribution in [0, 0.1) is 11.6 Å². The van der Waals surface area contributed by atoms with Gasteiger partial charge in [0.05, 0.1) is 6.54 Å². The van der Waals surface area contributed by atoms with Gasteiger partial charge in [-0.3, -0.25) is 4.79 Å². The summed E-state index contributed by atoms with van der Waals surface area (Å²) in [5.74, 6) is -1.42. The van der Waals surface area contributed by atoms with E-state index in [1.807, 2.05) is 0 Å². The van der Waals surface area contributed by atoms with Crippen LogP contribution in [-0.4, -0.2) is 32.9 Å². The standard InChI is InChI=1S/C18H19F5N4O.ClH/c19-12-2-3-14(20)11(6-12)7-13(24)8-17(28)27-5-1-4-26-9-15(18(21,22)23)25-16(26)10-27;/h2-3,6,9,13H,1,4-5,7-8,10,24H2;1H/t13-;/m1./s1. The smallest absolute Gasteiger partial charge is 0.335 e. The molecular weight excluding hydrogens is 419 g/mol. The molecular formula is C18H20ClF5N4O. The number of rotatable bonds is 4. The van der Waals surface area contributed by atoms with E-state index in [2.05, 4.69) is 4.98 Å². The SMILES string of the molecule is Cl.N[C@@H](CC(=O)N1CCCn2cc(C(F)(F)F)nc2C1)Cc1cc(F)ccc1F. The molecule has 0 unspecified atom stereocenters. The topological polar surface area (TPSA) is 64.2 Å². The van der Waals surface area contributed by atoms with Gasteiger partial charge in [0, 0.05) is 31.7 Å². The second-order valence-corrected chi connectivity index (χ2v) is 6.81. The maximum Gasteiger partial charge on any atom is 0.434 e. The van der Waals surface area contributed by atoms with Crippen LogP contribution < -0.4 is 5.73 Å². The van der Waals surface area contributed by atoms with E-state index in [0.717, 1.165) is 24.4 Å². The first kappa shape index (κ1) is 23.1. The second kappa shape index (κ2) is 9.08. The van der Waals surface area contributed by atoms with Gasteiger partial charge >= 0.3 is 6.18 Å². The molecule has 1 aliphatic rings. The van der Waals surface area contributed by atoms with E-state index in [1.54, 1.807) is 0 Å². The van der Waals surface area contributed by atoms with Gasteiger partial charge in [-0.1, -0.05) is 0 Å². The minimum atomic E-state index is -4.55. The highest BCUT2D eigenvalue weighted by Crippen LogP contribution is 2.29. The number of imidazole rings is 1. The molecule has 1 amide bonds. The quantitative estimate of drug-likeness (QED) is 0.745. The molecule has 11 heteroatoms. The third-order valence-corrected chi connectivity index (χ3v) is 4.59. The van der Waals surface area contributed by atoms with Gasteiger partial charge in [-0.25, -0.2) is 13.8 Å². The summed E-state index contributed by atoms with van der Waals surface area (Å²) in [5.41, 5.74) is 5.00. The molecule has 2 N–H and O–H groups in total. The van der Waals surface area contributed by atoms with E-state index in [4.69, 9.17) is 5.73 Å². The molecule has 5 nitrogen and oxygen atoms in total. The van der Waals surface area contributed by atoms with Crippen LogP contribution in [0.3, 0.4) is 0 Å². The minimum absolute atomic E-state index is 0. The number of aromatic nitrogens is 2. The van der Waals surface area contributed by atoms with Gasteiger partial charge in [-0.05, 0) is 36.6 Å². The zero-order valence-electron chi connectivity index (χ0n) is 15.3. The summed E-state index contributed by atoms with van der Waals surface area (Å²) in [6.45, 7) is 0.614. The van der Waals surface area contributed by atoms with Crippen molar-refractivity contribution in [3.05, 3.63) is 53.1 Å². The molecule has 2 heterocycles. The molecule has 1 aromatic carbocycles. The van der Waals surface area contributed by atoms with E-state index in [-0.39, 0.29) is 49.1 Å². The van der Waals surface area contributed by atoms with Gasteiger partial charge in [0.25, 0.3) is 0 Å². The number of halogens is 6. The summed E-state index contributed by atoms with van der Waals surface area (Å²) in [6, 6.07) is 2.26. The number of benzene rings is 1. The monoisotopic (exact) mass is 438 g/mol. The number of hydrogen-bond donors (Lipinski definition) is 1. The van der Waals surface area contributed by atoms with Gasteiger partial charge in [0.15, 0.2) is 5.69 Å². The van der Waals surface area contributed by atoms with Crippen molar-refractivity contribution in [3.8, 4) is 0 Å². The lowest BCUT2D eigenvalue weighted by Gasteiger charge is -2.22. The summed E-state index contributed by atoms with van der Waals surface area (Å²) < 4.78 is 66.9. The Morgan fingerprint density at radius 3 is 2.66 bits per heavy atom. The van der Waals surface area contributed by atoms with Crippen molar-refractivity contribution >= 4 is 18.3 Å². The largest absolute Gasteiger partial charge is 0.434 e. The molecule has 3 rings (SSSR count). The molecule has 0 saturated heterocycles. The van der Waals surface area contributed by atoms with Crippen LogP contribution in [-0.2, 0) is 30.5 Å². The number of carbonyl (C=O) groups excluding carboxylic acids is 1. The lowest BCUT2D eigenvalue weighted by atomic mass is 10.0. The van der Waals surface area contributed by atoms with Crippen molar-refractivity contribution < 1.29 is 26.7 Å². The number of alkyl halides is 3. The average Bonchev–Trinajstić information content (AvgIpc) is 2.90. The Labute approximate surface area is 170 Å². The van der Waals surface area contributed by atoms with E-state index in [0.29, 0.717) is 19.5 Å². The molecule has 1 aromatic heterocycles. The van der Waals surface area contributed by atoms with Gasteiger partial charge in [-0.15, -0.1) is 12.4 Å². The summed E-state index contributed by atoms with van der Waals surface area (Å²) in [6.07, 6.45) is -3.30. The Morgan fingerprint density at radius 2 is 1.97 bits per heavy atom. The molecule has 1 aliphatic heterocycles. The van der Waals surface area contributed by atoms with Gasteiger partial charge in [-0.2, -0.15) is 13.2 Å². The maximum atomic E-state index is 13.7. The zero-order chi connectivity index (χ0) is 20.5. The maximum absolute atomic E-state index is 13.7. The fraction of sp³-hybridized carbons (Fsp3) is 0.444. The lowest BCUT2D eigenvalue weighted by Crippen LogP contribution is -2.36. The van der Waals surface area contributed by atoms with Crippen molar-refractivity contribution in [1.82, 2.24) is 14.5 Å². The molecule has 0 radical (unpaired) electrons. The van der Waals surface area contributed by atoms with Crippen molar-refractivity contribution in [2.75, 3.05) is 6.54 Å². The van der Waals surface area contributed by atoms with Gasteiger partial charge in [0.1, 0.15) is 17.5 Å². The highest BCUT2D eigenvalue weighted by Gasteiger charge is 2.35. The Hall–Kier alpha value is -2.20. The first-order valence-electron chi connectivity index (χ1n) is 8.74. The van der Waals surface area contributed by atoms with Crippen LogP contribution in [0.25, 0.3) is 0 Å². The fourth-order valence-electron chi connectivity index (χ4n) is 3.21. The predicted molar refractivity (Wildman–Crippen MR) is 97.2 cm³/mol. The van der Waals surface area contributed by atoms with Crippen LogP contribution in [0.2, 0.25) is 0 Å². The first-order chi connectivity index (χ1) is 13.1. The number of amides is 1. The molecule has 0 saturated carbocycles. The first-order valence-corrected chi connectivity index (χ1v) is 8.74. The number of fused-ring (bicyclic) bond motifs is 1. The van der Waals surface area contributed by atoms with E-state index < -0.39 is 29.5 Å². The van der Waals surface area contributed by atoms with Gasteiger partial charge in [0.2, 0.25) is 5.91 Å². The van der Waals surface area contributed by atoms with Crippen LogP contribution in [0.5, 0.6) is 0 Å². The molecule has 0 bridgehead atoms. The highest BCUT2D eigenvalue weighted by atomic mass is 35.5. The van der Waals surface area contributed by atoms with E-state index >= 15 is 0 Å². The molecule has 0 spiro atoms. The van der Waals surface area contributed by atoms with Gasteiger partial charge < -0.3 is 15.2 Å². The molecule has 1 atom stereocenters. The molecule has 160 valence electrons. The fourth-order valence-corrected chi connectivity index (χ4v) is 3.21. The van der Waals surface area contributed by atoms with Crippen molar-refractivity contribution in [2.45, 2.75) is 44.6 Å². The highest BCUT2D eigenvalue weighted by molar-refractivity contribution is 5.85. The number of carbonyl (C=O) groups is 1. The third-order valence-electron chi connectivity index (χ3n) is 4.59. The third kappa shape index (κ3) is 5.66. The van der Waals surface area contributed by atoms with Crippen LogP contribution in [0.15, 0.2) is 24.4 Å². The van der Waals surface area contributed by atoms with Crippen LogP contribution >= 0.6 is 12.4 Å². The minimum Gasteiger partial charge on any atom is -0.335 e. The lowest BCUT2D eigenvalue weighted by molar-refractivity contribution is -0.141. The van der Waals surface area contributed by atoms with Crippen LogP contribution in [0.4, 0.5) is 22.0 Å². The molecule has 29 heavy (non-hydrogen) atoms. The second-order valence-electron chi connectivity index (χ2n) is 6.81. The van der Waals surface area contributed by atoms with Crippen molar-refractivity contribution in [3.63, 3.8) is 0 Å². The summed E-state index contributed by atoms with van der Waals surface area (Å²) in [7, 11) is 0. The Balaban J connectivity index is 0.00000300. The zero-order valence-corrected chi connectivity index (χ0v) is 16.1. The number of nitrogens with two attached hydrogens (primary N) is 1. The van der Waals surface area contributed by atoms with E-state index in [1.165, 1.54) is 9.47 Å². The number of nitrogens with zero attached hydrogens (tertiary/aromatic N) is 3. The van der Waals surface area contributed by atoms with Crippen molar-refractivity contribution in [1.29, 1.82) is 0 Å². The molecule has 2 aromatic rings. The average molecular weight is 439 g/mol. The summed E-state index contributed by atoms with van der Waals surface area (Å²) in [5, 5.41) is 0. The molecule has 0 fully saturated rings. The number of hydrogen-bond acceptors (Lipinski definition) is 3. The number of aryl methyl sites for hydroxylation is 1. The summed E-state index contributed by atoms with van der Waals surface area (Å²) >= 11 is 0.